The molecule has 3 heterocycles. The number of benzene rings is 1. The van der Waals surface area contributed by atoms with E-state index < -0.39 is 5.41 Å². The van der Waals surface area contributed by atoms with Crippen molar-refractivity contribution in [1.82, 2.24) is 20.1 Å². The summed E-state index contributed by atoms with van der Waals surface area (Å²) in [5, 5.41) is 26.3. The van der Waals surface area contributed by atoms with Crippen molar-refractivity contribution in [3.63, 3.8) is 0 Å². The van der Waals surface area contributed by atoms with Gasteiger partial charge in [-0.15, -0.1) is 0 Å². The molecule has 1 atom stereocenters. The second-order valence-corrected chi connectivity index (χ2v) is 9.53. The second-order valence-electron chi connectivity index (χ2n) is 9.53. The van der Waals surface area contributed by atoms with Crippen LogP contribution in [0.5, 0.6) is 0 Å². The Morgan fingerprint density at radius 1 is 1.19 bits per heavy atom. The number of anilines is 1. The van der Waals surface area contributed by atoms with Crippen LogP contribution in [0.25, 0.3) is 11.1 Å². The van der Waals surface area contributed by atoms with Crippen molar-refractivity contribution >= 4 is 17.5 Å². The van der Waals surface area contributed by atoms with Crippen LogP contribution in [-0.2, 0) is 18.4 Å². The van der Waals surface area contributed by atoms with Gasteiger partial charge in [0.2, 0.25) is 5.91 Å². The van der Waals surface area contributed by atoms with Crippen LogP contribution in [0, 0.1) is 40.9 Å². The molecule has 9 nitrogen and oxygen atoms in total. The van der Waals surface area contributed by atoms with Crippen LogP contribution in [0.2, 0.25) is 0 Å². The molecule has 9 heteroatoms. The van der Waals surface area contributed by atoms with Gasteiger partial charge in [-0.3, -0.25) is 14.3 Å². The molecule has 0 bridgehead atoms. The molecule has 2 amide bonds. The fourth-order valence-corrected chi connectivity index (χ4v) is 4.92. The Morgan fingerprint density at radius 2 is 2.00 bits per heavy atom. The molecular formula is C27H25N7O2. The van der Waals surface area contributed by atoms with Crippen LogP contribution in [0.1, 0.15) is 46.6 Å². The standard InChI is InChI=1S/C27H25N7O2/c1-17-7-23(34-6-5-27(16-29,26(34)36)22-3-4-22)11-24(32-17)25(35)30-13-19-8-18(12-28)9-20(10-19)21-14-31-33(2)15-21/h7-11,14-15,22H,3-6,13H2,1-2H3,(H,30,35)/t27-/m1/s1. The van der Waals surface area contributed by atoms with E-state index >= 15 is 0 Å². The highest BCUT2D eigenvalue weighted by Gasteiger charge is 2.56. The summed E-state index contributed by atoms with van der Waals surface area (Å²) >= 11 is 0. The Kier molecular flexibility index (Phi) is 5.77. The Bertz CT molecular complexity index is 1460. The normalized spacial score (nSPS) is 19.1. The van der Waals surface area contributed by atoms with Gasteiger partial charge in [-0.2, -0.15) is 15.6 Å². The van der Waals surface area contributed by atoms with Crippen molar-refractivity contribution < 1.29 is 9.59 Å². The van der Waals surface area contributed by atoms with E-state index in [0.29, 0.717) is 29.9 Å². The van der Waals surface area contributed by atoms with E-state index in [1.807, 2.05) is 19.3 Å². The first-order chi connectivity index (χ1) is 17.3. The van der Waals surface area contributed by atoms with Gasteiger partial charge in [0.25, 0.3) is 5.91 Å². The largest absolute Gasteiger partial charge is 0.347 e. The van der Waals surface area contributed by atoms with Crippen LogP contribution < -0.4 is 10.2 Å². The van der Waals surface area contributed by atoms with Gasteiger partial charge in [-0.25, -0.2) is 4.98 Å². The van der Waals surface area contributed by atoms with Gasteiger partial charge in [-0.05, 0) is 73.6 Å². The van der Waals surface area contributed by atoms with Crippen molar-refractivity contribution in [2.45, 2.75) is 32.7 Å². The predicted molar refractivity (Wildman–Crippen MR) is 131 cm³/mol. The Labute approximate surface area is 209 Å². The van der Waals surface area contributed by atoms with Gasteiger partial charge in [-0.1, -0.05) is 0 Å². The van der Waals surface area contributed by atoms with Crippen molar-refractivity contribution in [2.24, 2.45) is 18.4 Å². The van der Waals surface area contributed by atoms with Crippen LogP contribution >= 0.6 is 0 Å². The summed E-state index contributed by atoms with van der Waals surface area (Å²) in [4.78, 5) is 32.2. The molecule has 2 fully saturated rings. The van der Waals surface area contributed by atoms with Crippen molar-refractivity contribution in [2.75, 3.05) is 11.4 Å². The van der Waals surface area contributed by atoms with E-state index in [4.69, 9.17) is 0 Å². The molecule has 1 saturated heterocycles. The van der Waals surface area contributed by atoms with E-state index in [0.717, 1.165) is 29.5 Å². The van der Waals surface area contributed by atoms with Gasteiger partial charge in [0.05, 0.1) is 23.9 Å². The Hall–Kier alpha value is -4.50. The summed E-state index contributed by atoms with van der Waals surface area (Å²) in [5.41, 5.74) is 3.42. The number of hydrogen-bond acceptors (Lipinski definition) is 6. The first-order valence-electron chi connectivity index (χ1n) is 11.9. The molecule has 5 rings (SSSR count). The maximum atomic E-state index is 13.2. The van der Waals surface area contributed by atoms with Gasteiger partial charge >= 0.3 is 0 Å². The van der Waals surface area contributed by atoms with E-state index in [2.05, 4.69) is 27.5 Å². The summed E-state index contributed by atoms with van der Waals surface area (Å²) in [7, 11) is 1.82. The number of aromatic nitrogens is 3. The second kappa shape index (κ2) is 8.94. The molecule has 2 aliphatic rings. The molecule has 1 aliphatic heterocycles. The number of aryl methyl sites for hydroxylation is 2. The lowest BCUT2D eigenvalue weighted by Crippen LogP contribution is -2.35. The average molecular weight is 480 g/mol. The number of nitrogens with one attached hydrogen (secondary N) is 1. The summed E-state index contributed by atoms with van der Waals surface area (Å²) in [6, 6.07) is 13.3. The number of pyridine rings is 1. The maximum Gasteiger partial charge on any atom is 0.270 e. The van der Waals surface area contributed by atoms with Crippen LogP contribution in [-0.4, -0.2) is 33.1 Å². The summed E-state index contributed by atoms with van der Waals surface area (Å²) in [5.74, 6) is -0.433. The minimum Gasteiger partial charge on any atom is -0.347 e. The fourth-order valence-electron chi connectivity index (χ4n) is 4.92. The lowest BCUT2D eigenvalue weighted by molar-refractivity contribution is -0.123. The van der Waals surface area contributed by atoms with Gasteiger partial charge < -0.3 is 10.2 Å². The number of carbonyl (C=O) groups excluding carboxylic acids is 2. The molecule has 2 aromatic heterocycles. The van der Waals surface area contributed by atoms with E-state index in [9.17, 15) is 20.1 Å². The molecule has 180 valence electrons. The molecule has 0 unspecified atom stereocenters. The third kappa shape index (κ3) is 4.20. The molecule has 0 spiro atoms. The highest BCUT2D eigenvalue weighted by Crippen LogP contribution is 2.51. The number of carbonyl (C=O) groups is 2. The van der Waals surface area contributed by atoms with Crippen LogP contribution in [0.4, 0.5) is 5.69 Å². The number of nitrogens with zero attached hydrogens (tertiary/aromatic N) is 6. The zero-order valence-corrected chi connectivity index (χ0v) is 20.2. The Morgan fingerprint density at radius 3 is 2.67 bits per heavy atom. The first-order valence-corrected chi connectivity index (χ1v) is 11.9. The minimum absolute atomic E-state index is 0.131. The van der Waals surface area contributed by atoms with Gasteiger partial charge in [0.1, 0.15) is 11.1 Å². The highest BCUT2D eigenvalue weighted by molar-refractivity contribution is 6.03. The predicted octanol–water partition coefficient (Wildman–Crippen LogP) is 3.25. The third-order valence-corrected chi connectivity index (χ3v) is 6.93. The molecule has 36 heavy (non-hydrogen) atoms. The van der Waals surface area contributed by atoms with E-state index in [1.165, 1.54) is 0 Å². The lowest BCUT2D eigenvalue weighted by atomic mass is 9.83. The fraction of sp³-hybridized carbons (Fsp3) is 0.333. The topological polar surface area (TPSA) is 128 Å². The molecule has 1 saturated carbocycles. The van der Waals surface area contributed by atoms with E-state index in [-0.39, 0.29) is 30.0 Å². The molecule has 3 aromatic rings. The van der Waals surface area contributed by atoms with Gasteiger partial charge in [0.15, 0.2) is 0 Å². The minimum atomic E-state index is -0.947. The van der Waals surface area contributed by atoms with Crippen molar-refractivity contribution in [3.8, 4) is 23.3 Å². The smallest absolute Gasteiger partial charge is 0.270 e. The average Bonchev–Trinajstić information content (AvgIpc) is 3.55. The van der Waals surface area contributed by atoms with Gasteiger partial charge in [0, 0.05) is 43.3 Å². The zero-order chi connectivity index (χ0) is 25.4. The third-order valence-electron chi connectivity index (χ3n) is 6.93. The van der Waals surface area contributed by atoms with Crippen molar-refractivity contribution in [1.29, 1.82) is 10.5 Å². The first kappa shape index (κ1) is 23.3. The molecule has 1 N–H and O–H groups in total. The van der Waals surface area contributed by atoms with Crippen molar-refractivity contribution in [3.05, 3.63) is 65.2 Å². The molecule has 1 aliphatic carbocycles. The molecule has 1 aromatic carbocycles. The van der Waals surface area contributed by atoms with Crippen LogP contribution in [0.15, 0.2) is 42.7 Å². The molecular weight excluding hydrogens is 454 g/mol. The Balaban J connectivity index is 1.34. The van der Waals surface area contributed by atoms with E-state index in [1.54, 1.807) is 47.0 Å². The quantitative estimate of drug-likeness (QED) is 0.578. The highest BCUT2D eigenvalue weighted by atomic mass is 16.2. The number of amides is 2. The molecule has 0 radical (unpaired) electrons. The summed E-state index contributed by atoms with van der Waals surface area (Å²) in [6.07, 6.45) is 5.91. The summed E-state index contributed by atoms with van der Waals surface area (Å²) < 4.78 is 1.69. The number of rotatable bonds is 6. The monoisotopic (exact) mass is 479 g/mol. The maximum absolute atomic E-state index is 13.2. The summed E-state index contributed by atoms with van der Waals surface area (Å²) in [6.45, 7) is 2.43. The number of hydrogen-bond donors (Lipinski definition) is 1. The zero-order valence-electron chi connectivity index (χ0n) is 20.2. The number of nitriles is 2. The SMILES string of the molecule is Cc1cc(N2CC[C@@](C#N)(C3CC3)C2=O)cc(C(=O)NCc2cc(C#N)cc(-c3cnn(C)c3)c2)n1. The lowest BCUT2D eigenvalue weighted by Gasteiger charge is -2.21. The van der Waals surface area contributed by atoms with Crippen LogP contribution in [0.3, 0.4) is 0 Å².